The topological polar surface area (TPSA) is 65.8 Å². The van der Waals surface area contributed by atoms with Crippen molar-refractivity contribution in [1.82, 2.24) is 10.3 Å². The van der Waals surface area contributed by atoms with E-state index < -0.39 is 5.54 Å². The number of carbonyl (C=O) groups excluding carboxylic acids is 1. The third-order valence-electron chi connectivity index (χ3n) is 2.68. The molecule has 0 unspecified atom stereocenters. The van der Waals surface area contributed by atoms with Crippen molar-refractivity contribution in [3.8, 4) is 6.07 Å². The zero-order valence-electron chi connectivity index (χ0n) is 8.94. The summed E-state index contributed by atoms with van der Waals surface area (Å²) in [6, 6.07) is 7.77. The van der Waals surface area contributed by atoms with Gasteiger partial charge in [-0.05, 0) is 31.4 Å². The molecule has 0 radical (unpaired) electrons. The minimum absolute atomic E-state index is 0.0651. The zero-order chi connectivity index (χ0) is 11.4. The maximum absolute atomic E-state index is 11.5. The Balaban J connectivity index is 1.79. The Morgan fingerprint density at radius 2 is 2.38 bits per heavy atom. The van der Waals surface area contributed by atoms with Crippen molar-refractivity contribution in [1.29, 1.82) is 5.26 Å². The van der Waals surface area contributed by atoms with Crippen LogP contribution < -0.4 is 5.32 Å². The monoisotopic (exact) mass is 215 g/mol. The third-order valence-corrected chi connectivity index (χ3v) is 2.68. The largest absolute Gasteiger partial charge is 0.338 e. The zero-order valence-corrected chi connectivity index (χ0v) is 8.94. The lowest BCUT2D eigenvalue weighted by Crippen LogP contribution is -2.35. The molecule has 16 heavy (non-hydrogen) atoms. The van der Waals surface area contributed by atoms with Gasteiger partial charge >= 0.3 is 0 Å². The van der Waals surface area contributed by atoms with Crippen molar-refractivity contribution in [3.63, 3.8) is 0 Å². The van der Waals surface area contributed by atoms with Gasteiger partial charge in [0.25, 0.3) is 0 Å². The number of aromatic nitrogens is 1. The van der Waals surface area contributed by atoms with E-state index in [2.05, 4.69) is 16.4 Å². The predicted octanol–water partition coefficient (Wildman–Crippen LogP) is 1.19. The standard InChI is InChI=1S/C12H13N3O/c13-9-12(6-7-12)15-11(16)5-4-10-3-1-2-8-14-10/h1-3,8H,4-7H2,(H,15,16). The molecule has 0 atom stereocenters. The van der Waals surface area contributed by atoms with E-state index in [1.54, 1.807) is 6.20 Å². The number of aryl methyl sites for hydroxylation is 1. The van der Waals surface area contributed by atoms with Crippen LogP contribution in [0.15, 0.2) is 24.4 Å². The number of carbonyl (C=O) groups is 1. The summed E-state index contributed by atoms with van der Waals surface area (Å²) in [6.07, 6.45) is 4.27. The number of hydrogen-bond acceptors (Lipinski definition) is 3. The number of pyridine rings is 1. The van der Waals surface area contributed by atoms with Crippen molar-refractivity contribution >= 4 is 5.91 Å². The van der Waals surface area contributed by atoms with Crippen molar-refractivity contribution < 1.29 is 4.79 Å². The highest BCUT2D eigenvalue weighted by molar-refractivity contribution is 5.78. The van der Waals surface area contributed by atoms with Crippen LogP contribution in [0.3, 0.4) is 0 Å². The average Bonchev–Trinajstić information content (AvgIpc) is 3.08. The molecule has 1 fully saturated rings. The summed E-state index contributed by atoms with van der Waals surface area (Å²) in [5.41, 5.74) is 0.348. The van der Waals surface area contributed by atoms with E-state index in [4.69, 9.17) is 5.26 Å². The average molecular weight is 215 g/mol. The molecule has 1 heterocycles. The lowest BCUT2D eigenvalue weighted by atomic mass is 10.2. The molecule has 1 N–H and O–H groups in total. The summed E-state index contributed by atoms with van der Waals surface area (Å²) < 4.78 is 0. The summed E-state index contributed by atoms with van der Waals surface area (Å²) in [6.45, 7) is 0. The Morgan fingerprint density at radius 3 is 2.94 bits per heavy atom. The maximum Gasteiger partial charge on any atom is 0.221 e. The quantitative estimate of drug-likeness (QED) is 0.820. The van der Waals surface area contributed by atoms with Gasteiger partial charge in [-0.2, -0.15) is 5.26 Å². The van der Waals surface area contributed by atoms with Gasteiger partial charge < -0.3 is 5.32 Å². The highest BCUT2D eigenvalue weighted by atomic mass is 16.1. The molecular weight excluding hydrogens is 202 g/mol. The van der Waals surface area contributed by atoms with E-state index in [-0.39, 0.29) is 5.91 Å². The number of nitrogens with zero attached hydrogens (tertiary/aromatic N) is 2. The smallest absolute Gasteiger partial charge is 0.221 e. The Bertz CT molecular complexity index is 418. The highest BCUT2D eigenvalue weighted by Crippen LogP contribution is 2.34. The second-order valence-electron chi connectivity index (χ2n) is 4.06. The molecular formula is C12H13N3O. The van der Waals surface area contributed by atoms with Gasteiger partial charge in [0.1, 0.15) is 5.54 Å². The second-order valence-corrected chi connectivity index (χ2v) is 4.06. The first-order valence-corrected chi connectivity index (χ1v) is 5.36. The highest BCUT2D eigenvalue weighted by Gasteiger charge is 2.44. The van der Waals surface area contributed by atoms with Gasteiger partial charge in [-0.15, -0.1) is 0 Å². The number of rotatable bonds is 4. The second kappa shape index (κ2) is 4.31. The van der Waals surface area contributed by atoms with Crippen LogP contribution in [-0.4, -0.2) is 16.4 Å². The maximum atomic E-state index is 11.5. The van der Waals surface area contributed by atoms with E-state index in [9.17, 15) is 4.79 Å². The van der Waals surface area contributed by atoms with Gasteiger partial charge in [0.05, 0.1) is 6.07 Å². The Kier molecular flexibility index (Phi) is 2.86. The Morgan fingerprint density at radius 1 is 1.56 bits per heavy atom. The van der Waals surface area contributed by atoms with E-state index in [0.29, 0.717) is 12.8 Å². The van der Waals surface area contributed by atoms with Crippen LogP contribution in [0.4, 0.5) is 0 Å². The molecule has 0 aliphatic heterocycles. The van der Waals surface area contributed by atoms with E-state index in [0.717, 1.165) is 18.5 Å². The number of nitrogens with one attached hydrogen (secondary N) is 1. The molecule has 2 rings (SSSR count). The fraction of sp³-hybridized carbons (Fsp3) is 0.417. The molecule has 0 saturated heterocycles. The first-order chi connectivity index (χ1) is 7.74. The van der Waals surface area contributed by atoms with Crippen molar-refractivity contribution in [2.75, 3.05) is 0 Å². The fourth-order valence-corrected chi connectivity index (χ4v) is 1.51. The van der Waals surface area contributed by atoms with Gasteiger partial charge in [0, 0.05) is 18.3 Å². The van der Waals surface area contributed by atoms with Gasteiger partial charge in [-0.3, -0.25) is 9.78 Å². The molecule has 1 aromatic rings. The first kappa shape index (κ1) is 10.6. The first-order valence-electron chi connectivity index (χ1n) is 5.36. The fourth-order valence-electron chi connectivity index (χ4n) is 1.51. The summed E-state index contributed by atoms with van der Waals surface area (Å²) in [5, 5.41) is 11.6. The van der Waals surface area contributed by atoms with Gasteiger partial charge in [-0.1, -0.05) is 6.07 Å². The Hall–Kier alpha value is -1.89. The van der Waals surface area contributed by atoms with Crippen LogP contribution in [0.1, 0.15) is 25.0 Å². The Labute approximate surface area is 94.3 Å². The van der Waals surface area contributed by atoms with E-state index in [1.807, 2.05) is 18.2 Å². The molecule has 0 bridgehead atoms. The summed E-state index contributed by atoms with van der Waals surface area (Å²) >= 11 is 0. The summed E-state index contributed by atoms with van der Waals surface area (Å²) in [5.74, 6) is -0.0651. The molecule has 0 aromatic carbocycles. The van der Waals surface area contributed by atoms with Crippen LogP contribution in [-0.2, 0) is 11.2 Å². The number of amides is 1. The van der Waals surface area contributed by atoms with Crippen LogP contribution in [0, 0.1) is 11.3 Å². The molecule has 1 aliphatic rings. The normalized spacial score (nSPS) is 16.2. The van der Waals surface area contributed by atoms with Crippen molar-refractivity contribution in [2.45, 2.75) is 31.2 Å². The molecule has 1 saturated carbocycles. The summed E-state index contributed by atoms with van der Waals surface area (Å²) in [7, 11) is 0. The van der Waals surface area contributed by atoms with Crippen molar-refractivity contribution in [3.05, 3.63) is 30.1 Å². The summed E-state index contributed by atoms with van der Waals surface area (Å²) in [4.78, 5) is 15.7. The SMILES string of the molecule is N#CC1(NC(=O)CCc2ccccn2)CC1. The van der Waals surface area contributed by atoms with Crippen LogP contribution in [0.5, 0.6) is 0 Å². The van der Waals surface area contributed by atoms with Crippen molar-refractivity contribution in [2.24, 2.45) is 0 Å². The van der Waals surface area contributed by atoms with Crippen LogP contribution >= 0.6 is 0 Å². The lowest BCUT2D eigenvalue weighted by molar-refractivity contribution is -0.121. The molecule has 1 aliphatic carbocycles. The molecule has 1 aromatic heterocycles. The third kappa shape index (κ3) is 2.57. The van der Waals surface area contributed by atoms with Gasteiger partial charge in [0.15, 0.2) is 0 Å². The van der Waals surface area contributed by atoms with Gasteiger partial charge in [0.2, 0.25) is 5.91 Å². The van der Waals surface area contributed by atoms with Gasteiger partial charge in [-0.25, -0.2) is 0 Å². The van der Waals surface area contributed by atoms with E-state index in [1.165, 1.54) is 0 Å². The minimum atomic E-state index is -0.554. The molecule has 4 heteroatoms. The predicted molar refractivity (Wildman–Crippen MR) is 58.3 cm³/mol. The molecule has 1 amide bonds. The number of nitriles is 1. The molecule has 4 nitrogen and oxygen atoms in total. The lowest BCUT2D eigenvalue weighted by Gasteiger charge is -2.08. The van der Waals surface area contributed by atoms with E-state index >= 15 is 0 Å². The van der Waals surface area contributed by atoms with Crippen LogP contribution in [0.2, 0.25) is 0 Å². The molecule has 82 valence electrons. The minimum Gasteiger partial charge on any atom is -0.338 e. The van der Waals surface area contributed by atoms with Crippen LogP contribution in [0.25, 0.3) is 0 Å². The number of hydrogen-bond donors (Lipinski definition) is 1. The molecule has 0 spiro atoms.